The number of aliphatic hydroxyl groups excluding tert-OH is 1. The molecule has 0 bridgehead atoms. The molecule has 0 spiro atoms. The lowest BCUT2D eigenvalue weighted by Gasteiger charge is -2.35. The van der Waals surface area contributed by atoms with Gasteiger partial charge in [-0.1, -0.05) is 13.8 Å². The summed E-state index contributed by atoms with van der Waals surface area (Å²) in [5.41, 5.74) is 0. The van der Waals surface area contributed by atoms with Crippen LogP contribution in [0.5, 0.6) is 0 Å². The Labute approximate surface area is 91.9 Å². The van der Waals surface area contributed by atoms with Crippen LogP contribution in [0.2, 0.25) is 0 Å². The van der Waals surface area contributed by atoms with Crippen LogP contribution >= 0.6 is 0 Å². The minimum atomic E-state index is -0.224. The third-order valence-corrected chi connectivity index (χ3v) is 2.97. The van der Waals surface area contributed by atoms with Crippen molar-refractivity contribution in [3.8, 4) is 0 Å². The van der Waals surface area contributed by atoms with Gasteiger partial charge in [-0.05, 0) is 6.42 Å². The Morgan fingerprint density at radius 2 is 1.87 bits per heavy atom. The lowest BCUT2D eigenvalue weighted by atomic mass is 10.2. The van der Waals surface area contributed by atoms with Gasteiger partial charge in [0.15, 0.2) is 0 Å². The van der Waals surface area contributed by atoms with Gasteiger partial charge in [-0.2, -0.15) is 0 Å². The predicted molar refractivity (Wildman–Crippen MR) is 59.6 cm³/mol. The predicted octanol–water partition coefficient (Wildman–Crippen LogP) is 0.311. The molecule has 0 radical (unpaired) electrons. The number of rotatable bonds is 4. The van der Waals surface area contributed by atoms with E-state index in [-0.39, 0.29) is 12.0 Å². The molecule has 0 aromatic carbocycles. The smallest absolute Gasteiger partial charge is 0.222 e. The molecule has 1 aliphatic heterocycles. The summed E-state index contributed by atoms with van der Waals surface area (Å²) in [6.07, 6.45) is 1.17. The van der Waals surface area contributed by atoms with Crippen molar-refractivity contribution in [2.45, 2.75) is 32.8 Å². The minimum absolute atomic E-state index is 0.224. The first-order valence-electron chi connectivity index (χ1n) is 5.85. The summed E-state index contributed by atoms with van der Waals surface area (Å²) in [5.74, 6) is 0.241. The molecule has 15 heavy (non-hydrogen) atoms. The van der Waals surface area contributed by atoms with Crippen molar-refractivity contribution in [1.82, 2.24) is 9.80 Å². The monoisotopic (exact) mass is 214 g/mol. The molecular weight excluding hydrogens is 192 g/mol. The third kappa shape index (κ3) is 3.80. The topological polar surface area (TPSA) is 43.8 Å². The van der Waals surface area contributed by atoms with Gasteiger partial charge in [-0.25, -0.2) is 0 Å². The summed E-state index contributed by atoms with van der Waals surface area (Å²) in [6.45, 7) is 8.03. The Morgan fingerprint density at radius 3 is 2.33 bits per heavy atom. The molecule has 4 heteroatoms. The van der Waals surface area contributed by atoms with Crippen LogP contribution in [0.4, 0.5) is 0 Å². The highest BCUT2D eigenvalue weighted by Crippen LogP contribution is 2.05. The highest BCUT2D eigenvalue weighted by molar-refractivity contribution is 5.75. The van der Waals surface area contributed by atoms with Gasteiger partial charge >= 0.3 is 0 Å². The number of amides is 1. The van der Waals surface area contributed by atoms with Gasteiger partial charge in [0, 0.05) is 39.1 Å². The molecule has 0 aromatic heterocycles. The van der Waals surface area contributed by atoms with Gasteiger partial charge in [0.1, 0.15) is 0 Å². The molecular formula is C11H22N2O2. The number of aliphatic hydroxyl groups is 1. The maximum Gasteiger partial charge on any atom is 0.222 e. The number of carbonyl (C=O) groups excluding carboxylic acids is 1. The highest BCUT2D eigenvalue weighted by Gasteiger charge is 2.20. The van der Waals surface area contributed by atoms with Crippen molar-refractivity contribution in [1.29, 1.82) is 0 Å². The van der Waals surface area contributed by atoms with Crippen LogP contribution in [0, 0.1) is 0 Å². The van der Waals surface area contributed by atoms with E-state index in [1.54, 1.807) is 0 Å². The van der Waals surface area contributed by atoms with Crippen molar-refractivity contribution in [2.75, 3.05) is 32.7 Å². The number of nitrogens with zero attached hydrogens (tertiary/aromatic N) is 2. The van der Waals surface area contributed by atoms with E-state index in [1.165, 1.54) is 0 Å². The molecule has 1 heterocycles. The van der Waals surface area contributed by atoms with Gasteiger partial charge in [-0.3, -0.25) is 9.69 Å². The second-order valence-electron chi connectivity index (χ2n) is 4.10. The number of hydrogen-bond donors (Lipinski definition) is 1. The molecule has 1 amide bonds. The lowest BCUT2D eigenvalue weighted by Crippen LogP contribution is -2.50. The van der Waals surface area contributed by atoms with E-state index in [4.69, 9.17) is 0 Å². The number of carbonyl (C=O) groups is 1. The van der Waals surface area contributed by atoms with Gasteiger partial charge in [0.05, 0.1) is 6.10 Å². The summed E-state index contributed by atoms with van der Waals surface area (Å²) in [5, 5.41) is 9.51. The Bertz CT molecular complexity index is 201. The molecule has 88 valence electrons. The molecule has 1 atom stereocenters. The van der Waals surface area contributed by atoms with E-state index in [1.807, 2.05) is 18.7 Å². The Morgan fingerprint density at radius 1 is 1.27 bits per heavy atom. The average molecular weight is 214 g/mol. The third-order valence-electron chi connectivity index (χ3n) is 2.97. The first kappa shape index (κ1) is 12.5. The summed E-state index contributed by atoms with van der Waals surface area (Å²) in [4.78, 5) is 15.6. The first-order valence-corrected chi connectivity index (χ1v) is 5.85. The fourth-order valence-corrected chi connectivity index (χ4v) is 1.83. The van der Waals surface area contributed by atoms with Crippen LogP contribution in [0.25, 0.3) is 0 Å². The van der Waals surface area contributed by atoms with Gasteiger partial charge < -0.3 is 10.0 Å². The molecule has 1 unspecified atom stereocenters. The van der Waals surface area contributed by atoms with Crippen molar-refractivity contribution >= 4 is 5.91 Å². The number of β-amino-alcohol motifs (C(OH)–C–C–N with tert-alkyl or cyclic N) is 1. The highest BCUT2D eigenvalue weighted by atomic mass is 16.3. The van der Waals surface area contributed by atoms with E-state index in [0.29, 0.717) is 6.42 Å². The molecule has 1 saturated heterocycles. The van der Waals surface area contributed by atoms with E-state index in [2.05, 4.69) is 4.90 Å². The Balaban J connectivity index is 2.26. The largest absolute Gasteiger partial charge is 0.392 e. The zero-order chi connectivity index (χ0) is 11.3. The van der Waals surface area contributed by atoms with Crippen LogP contribution in [0.15, 0.2) is 0 Å². The summed E-state index contributed by atoms with van der Waals surface area (Å²) >= 11 is 0. The minimum Gasteiger partial charge on any atom is -0.392 e. The van der Waals surface area contributed by atoms with Crippen LogP contribution in [0.3, 0.4) is 0 Å². The maximum atomic E-state index is 11.4. The second kappa shape index (κ2) is 6.08. The SMILES string of the molecule is CCC(=O)N1CCN(CC(O)CC)CC1. The summed E-state index contributed by atoms with van der Waals surface area (Å²) in [6, 6.07) is 0. The zero-order valence-electron chi connectivity index (χ0n) is 9.78. The Hall–Kier alpha value is -0.610. The maximum absolute atomic E-state index is 11.4. The van der Waals surface area contributed by atoms with Crippen LogP contribution in [0.1, 0.15) is 26.7 Å². The molecule has 0 aromatic rings. The lowest BCUT2D eigenvalue weighted by molar-refractivity contribution is -0.132. The molecule has 1 fully saturated rings. The average Bonchev–Trinajstić information content (AvgIpc) is 2.29. The standard InChI is InChI=1S/C11H22N2O2/c1-3-10(14)9-12-5-7-13(8-6-12)11(15)4-2/h10,14H,3-9H2,1-2H3. The quantitative estimate of drug-likeness (QED) is 0.732. The van der Waals surface area contributed by atoms with Crippen molar-refractivity contribution in [3.05, 3.63) is 0 Å². The van der Waals surface area contributed by atoms with E-state index in [0.717, 1.165) is 39.1 Å². The van der Waals surface area contributed by atoms with E-state index < -0.39 is 0 Å². The van der Waals surface area contributed by atoms with Crippen molar-refractivity contribution < 1.29 is 9.90 Å². The van der Waals surface area contributed by atoms with Gasteiger partial charge in [0.25, 0.3) is 0 Å². The van der Waals surface area contributed by atoms with Crippen LogP contribution < -0.4 is 0 Å². The zero-order valence-corrected chi connectivity index (χ0v) is 9.78. The Kier molecular flexibility index (Phi) is 5.05. The van der Waals surface area contributed by atoms with Gasteiger partial charge in [0.2, 0.25) is 5.91 Å². The fraction of sp³-hybridized carbons (Fsp3) is 0.909. The molecule has 1 N–H and O–H groups in total. The first-order chi connectivity index (χ1) is 7.17. The molecule has 0 saturated carbocycles. The van der Waals surface area contributed by atoms with Crippen LogP contribution in [-0.4, -0.2) is 59.6 Å². The van der Waals surface area contributed by atoms with E-state index in [9.17, 15) is 9.90 Å². The summed E-state index contributed by atoms with van der Waals surface area (Å²) in [7, 11) is 0. The molecule has 1 rings (SSSR count). The molecule has 1 aliphatic rings. The molecule has 0 aliphatic carbocycles. The van der Waals surface area contributed by atoms with Crippen molar-refractivity contribution in [2.24, 2.45) is 0 Å². The fourth-order valence-electron chi connectivity index (χ4n) is 1.83. The normalized spacial score (nSPS) is 20.3. The van der Waals surface area contributed by atoms with E-state index >= 15 is 0 Å². The van der Waals surface area contributed by atoms with Crippen molar-refractivity contribution in [3.63, 3.8) is 0 Å². The number of hydrogen-bond acceptors (Lipinski definition) is 3. The molecule has 4 nitrogen and oxygen atoms in total. The van der Waals surface area contributed by atoms with Crippen LogP contribution in [-0.2, 0) is 4.79 Å². The second-order valence-corrected chi connectivity index (χ2v) is 4.10. The van der Waals surface area contributed by atoms with Gasteiger partial charge in [-0.15, -0.1) is 0 Å². The summed E-state index contributed by atoms with van der Waals surface area (Å²) < 4.78 is 0. The number of piperazine rings is 1.